The highest BCUT2D eigenvalue weighted by Crippen LogP contribution is 2.28. The fourth-order valence-electron chi connectivity index (χ4n) is 2.06. The Morgan fingerprint density at radius 3 is 2.75 bits per heavy atom. The Kier molecular flexibility index (Phi) is 3.34. The van der Waals surface area contributed by atoms with Gasteiger partial charge in [0.15, 0.2) is 0 Å². The van der Waals surface area contributed by atoms with Crippen molar-refractivity contribution in [1.29, 1.82) is 0 Å². The molecule has 1 fully saturated rings. The van der Waals surface area contributed by atoms with Crippen molar-refractivity contribution < 1.29 is 9.53 Å². The van der Waals surface area contributed by atoms with Crippen molar-refractivity contribution >= 4 is 17.7 Å². The lowest BCUT2D eigenvalue weighted by atomic mass is 9.99. The molecular formula is C12H14ClNO2. The minimum absolute atomic E-state index is 0.239. The normalized spacial score (nSPS) is 19.9. The number of ether oxygens (including phenoxy) is 1. The summed E-state index contributed by atoms with van der Waals surface area (Å²) >= 11 is 5.84. The highest BCUT2D eigenvalue weighted by molar-refractivity contribution is 6.30. The highest BCUT2D eigenvalue weighted by atomic mass is 35.5. The van der Waals surface area contributed by atoms with Crippen molar-refractivity contribution in [1.82, 2.24) is 4.90 Å². The smallest absolute Gasteiger partial charge is 0.409 e. The van der Waals surface area contributed by atoms with E-state index in [0.717, 1.165) is 24.5 Å². The Morgan fingerprint density at radius 2 is 2.12 bits per heavy atom. The molecule has 0 aromatic heterocycles. The van der Waals surface area contributed by atoms with E-state index >= 15 is 0 Å². The number of rotatable bonds is 1. The Morgan fingerprint density at radius 1 is 1.44 bits per heavy atom. The van der Waals surface area contributed by atoms with Gasteiger partial charge in [0.05, 0.1) is 7.11 Å². The lowest BCUT2D eigenvalue weighted by molar-refractivity contribution is 0.132. The first-order chi connectivity index (χ1) is 7.70. The fourth-order valence-corrected chi connectivity index (χ4v) is 2.19. The molecule has 16 heavy (non-hydrogen) atoms. The molecule has 1 unspecified atom stereocenters. The van der Waals surface area contributed by atoms with Gasteiger partial charge in [-0.2, -0.15) is 0 Å². The number of halogens is 1. The van der Waals surface area contributed by atoms with Crippen LogP contribution in [0.4, 0.5) is 4.79 Å². The van der Waals surface area contributed by atoms with Crippen LogP contribution < -0.4 is 0 Å². The summed E-state index contributed by atoms with van der Waals surface area (Å²) in [5, 5.41) is 0.742. The van der Waals surface area contributed by atoms with E-state index in [1.165, 1.54) is 12.7 Å². The van der Waals surface area contributed by atoms with Gasteiger partial charge in [0, 0.05) is 24.0 Å². The van der Waals surface area contributed by atoms with Crippen LogP contribution >= 0.6 is 11.6 Å². The van der Waals surface area contributed by atoms with E-state index in [1.54, 1.807) is 4.90 Å². The number of carbonyl (C=O) groups excluding carboxylic acids is 1. The molecule has 0 spiro atoms. The van der Waals surface area contributed by atoms with Gasteiger partial charge in [-0.25, -0.2) is 4.79 Å². The molecule has 1 aromatic carbocycles. The summed E-state index contributed by atoms with van der Waals surface area (Å²) in [5.74, 6) is 0.399. The van der Waals surface area contributed by atoms with E-state index in [1.807, 2.05) is 24.3 Å². The first-order valence-electron chi connectivity index (χ1n) is 5.29. The van der Waals surface area contributed by atoms with Crippen molar-refractivity contribution in [3.8, 4) is 0 Å². The molecule has 0 bridgehead atoms. The fraction of sp³-hybridized carbons (Fsp3) is 0.417. The van der Waals surface area contributed by atoms with Crippen molar-refractivity contribution in [2.45, 2.75) is 12.3 Å². The van der Waals surface area contributed by atoms with Crippen LogP contribution in [-0.4, -0.2) is 31.2 Å². The molecule has 1 aliphatic rings. The molecular weight excluding hydrogens is 226 g/mol. The molecule has 0 radical (unpaired) electrons. The van der Waals surface area contributed by atoms with Crippen molar-refractivity contribution in [2.75, 3.05) is 20.2 Å². The van der Waals surface area contributed by atoms with Crippen LogP contribution in [0.25, 0.3) is 0 Å². The number of likely N-dealkylation sites (tertiary alicyclic amines) is 1. The van der Waals surface area contributed by atoms with Gasteiger partial charge in [0.2, 0.25) is 0 Å². The Bertz CT molecular complexity index is 377. The third-order valence-electron chi connectivity index (χ3n) is 2.96. The molecule has 1 amide bonds. The molecule has 0 aliphatic carbocycles. The zero-order valence-corrected chi connectivity index (χ0v) is 9.91. The van der Waals surface area contributed by atoms with Gasteiger partial charge in [-0.15, -0.1) is 0 Å². The predicted octanol–water partition coefficient (Wildman–Crippen LogP) is 2.90. The Balaban J connectivity index is 2.03. The third kappa shape index (κ3) is 2.30. The quantitative estimate of drug-likeness (QED) is 0.754. The molecule has 1 saturated heterocycles. The lowest BCUT2D eigenvalue weighted by Crippen LogP contribution is -2.28. The summed E-state index contributed by atoms with van der Waals surface area (Å²) in [7, 11) is 1.41. The van der Waals surface area contributed by atoms with Crippen molar-refractivity contribution in [3.63, 3.8) is 0 Å². The highest BCUT2D eigenvalue weighted by Gasteiger charge is 2.27. The first-order valence-corrected chi connectivity index (χ1v) is 5.67. The lowest BCUT2D eigenvalue weighted by Gasteiger charge is -2.14. The molecule has 3 nitrogen and oxygen atoms in total. The van der Waals surface area contributed by atoms with Crippen LogP contribution in [0.3, 0.4) is 0 Å². The van der Waals surface area contributed by atoms with Crippen LogP contribution in [0.2, 0.25) is 5.02 Å². The minimum Gasteiger partial charge on any atom is -0.453 e. The zero-order chi connectivity index (χ0) is 11.5. The second-order valence-corrected chi connectivity index (χ2v) is 4.39. The van der Waals surface area contributed by atoms with Gasteiger partial charge >= 0.3 is 6.09 Å². The summed E-state index contributed by atoms with van der Waals surface area (Å²) in [5.41, 5.74) is 1.23. The maximum atomic E-state index is 11.3. The maximum absolute atomic E-state index is 11.3. The SMILES string of the molecule is COC(=O)N1CCC(c2ccc(Cl)cc2)C1. The second-order valence-electron chi connectivity index (χ2n) is 3.95. The molecule has 0 N–H and O–H groups in total. The Hall–Kier alpha value is -1.22. The summed E-state index contributed by atoms with van der Waals surface area (Å²) in [6.45, 7) is 1.49. The molecule has 4 heteroatoms. The predicted molar refractivity (Wildman–Crippen MR) is 62.8 cm³/mol. The molecule has 1 atom stereocenters. The Labute approximate surface area is 100.0 Å². The monoisotopic (exact) mass is 239 g/mol. The molecule has 86 valence electrons. The van der Waals surface area contributed by atoms with Gasteiger partial charge in [-0.1, -0.05) is 23.7 Å². The van der Waals surface area contributed by atoms with Crippen LogP contribution in [0, 0.1) is 0 Å². The molecule has 1 heterocycles. The van der Waals surface area contributed by atoms with E-state index in [-0.39, 0.29) is 6.09 Å². The van der Waals surface area contributed by atoms with E-state index in [4.69, 9.17) is 16.3 Å². The zero-order valence-electron chi connectivity index (χ0n) is 9.15. The summed E-state index contributed by atoms with van der Waals surface area (Å²) in [6, 6.07) is 7.82. The number of benzene rings is 1. The van der Waals surface area contributed by atoms with Crippen LogP contribution in [0.5, 0.6) is 0 Å². The number of nitrogens with zero attached hydrogens (tertiary/aromatic N) is 1. The first kappa shape index (κ1) is 11.3. The molecule has 1 aromatic rings. The summed E-state index contributed by atoms with van der Waals surface area (Å²) < 4.78 is 4.70. The second kappa shape index (κ2) is 4.74. The molecule has 0 saturated carbocycles. The van der Waals surface area contributed by atoms with E-state index in [0.29, 0.717) is 5.92 Å². The number of carbonyl (C=O) groups is 1. The number of amides is 1. The van der Waals surface area contributed by atoms with Crippen molar-refractivity contribution in [3.05, 3.63) is 34.9 Å². The largest absolute Gasteiger partial charge is 0.453 e. The summed E-state index contributed by atoms with van der Waals surface area (Å²) in [4.78, 5) is 13.1. The van der Waals surface area contributed by atoms with Crippen LogP contribution in [0.15, 0.2) is 24.3 Å². The number of hydrogen-bond donors (Lipinski definition) is 0. The van der Waals surface area contributed by atoms with Gasteiger partial charge in [0.25, 0.3) is 0 Å². The van der Waals surface area contributed by atoms with E-state index < -0.39 is 0 Å². The van der Waals surface area contributed by atoms with Crippen LogP contribution in [0.1, 0.15) is 17.9 Å². The average molecular weight is 240 g/mol. The summed E-state index contributed by atoms with van der Waals surface area (Å²) in [6.07, 6.45) is 0.743. The average Bonchev–Trinajstić information content (AvgIpc) is 2.78. The topological polar surface area (TPSA) is 29.5 Å². The van der Waals surface area contributed by atoms with E-state index in [2.05, 4.69) is 0 Å². The standard InChI is InChI=1S/C12H14ClNO2/c1-16-12(15)14-7-6-10(8-14)9-2-4-11(13)5-3-9/h2-5,10H,6-8H2,1H3. The van der Waals surface area contributed by atoms with Gasteiger partial charge < -0.3 is 9.64 Å². The maximum Gasteiger partial charge on any atom is 0.409 e. The molecule has 2 rings (SSSR count). The van der Waals surface area contributed by atoms with Gasteiger partial charge in [-0.05, 0) is 24.1 Å². The third-order valence-corrected chi connectivity index (χ3v) is 3.21. The van der Waals surface area contributed by atoms with Gasteiger partial charge in [-0.3, -0.25) is 0 Å². The number of methoxy groups -OCH3 is 1. The number of hydrogen-bond acceptors (Lipinski definition) is 2. The van der Waals surface area contributed by atoms with Crippen LogP contribution in [-0.2, 0) is 4.74 Å². The molecule has 1 aliphatic heterocycles. The minimum atomic E-state index is -0.239. The van der Waals surface area contributed by atoms with Gasteiger partial charge in [0.1, 0.15) is 0 Å². The van der Waals surface area contributed by atoms with E-state index in [9.17, 15) is 4.79 Å². The van der Waals surface area contributed by atoms with Crippen molar-refractivity contribution in [2.24, 2.45) is 0 Å².